The van der Waals surface area contributed by atoms with E-state index >= 15 is 0 Å². The summed E-state index contributed by atoms with van der Waals surface area (Å²) in [5.74, 6) is -1.11. The van der Waals surface area contributed by atoms with Crippen LogP contribution in [0.1, 0.15) is 24.8 Å². The van der Waals surface area contributed by atoms with Crippen molar-refractivity contribution in [3.63, 3.8) is 0 Å². The molecule has 5 heteroatoms. The summed E-state index contributed by atoms with van der Waals surface area (Å²) >= 11 is 0. The van der Waals surface area contributed by atoms with Crippen LogP contribution in [-0.2, 0) is 9.59 Å². The fraction of sp³-hybridized carbons (Fsp3) is 0.333. The first-order valence-electron chi connectivity index (χ1n) is 6.57. The van der Waals surface area contributed by atoms with Crippen molar-refractivity contribution in [1.82, 2.24) is 5.32 Å². The minimum absolute atomic E-state index is 0.188. The van der Waals surface area contributed by atoms with Crippen molar-refractivity contribution < 1.29 is 14.7 Å². The molecule has 0 saturated heterocycles. The average molecular weight is 274 g/mol. The van der Waals surface area contributed by atoms with Gasteiger partial charge in [-0.2, -0.15) is 0 Å². The Morgan fingerprint density at radius 3 is 2.45 bits per heavy atom. The summed E-state index contributed by atoms with van der Waals surface area (Å²) in [5.41, 5.74) is 6.34. The van der Waals surface area contributed by atoms with Gasteiger partial charge in [-0.1, -0.05) is 18.6 Å². The van der Waals surface area contributed by atoms with E-state index in [1.165, 1.54) is 6.08 Å². The summed E-state index contributed by atoms with van der Waals surface area (Å²) < 4.78 is 0. The summed E-state index contributed by atoms with van der Waals surface area (Å²) in [6.45, 7) is 0.188. The van der Waals surface area contributed by atoms with Crippen molar-refractivity contribution in [3.05, 3.63) is 35.9 Å². The minimum Gasteiger partial charge on any atom is -0.481 e. The van der Waals surface area contributed by atoms with E-state index in [-0.39, 0.29) is 12.5 Å². The summed E-state index contributed by atoms with van der Waals surface area (Å²) in [7, 11) is 0. The molecule has 1 fully saturated rings. The Bertz CT molecular complexity index is 531. The number of carbonyl (C=O) groups is 2. The van der Waals surface area contributed by atoms with Gasteiger partial charge in [-0.25, -0.2) is 0 Å². The van der Waals surface area contributed by atoms with Gasteiger partial charge in [0.05, 0.1) is 5.41 Å². The number of carboxylic acids is 1. The molecule has 0 spiro atoms. The van der Waals surface area contributed by atoms with Gasteiger partial charge >= 0.3 is 5.97 Å². The van der Waals surface area contributed by atoms with Crippen LogP contribution < -0.4 is 11.1 Å². The molecule has 2 rings (SSSR count). The molecular weight excluding hydrogens is 256 g/mol. The van der Waals surface area contributed by atoms with Crippen LogP contribution in [0.15, 0.2) is 30.3 Å². The lowest BCUT2D eigenvalue weighted by Gasteiger charge is -2.37. The molecule has 1 amide bonds. The lowest BCUT2D eigenvalue weighted by molar-refractivity contribution is -0.154. The third-order valence-corrected chi connectivity index (χ3v) is 3.73. The number of nitrogens with two attached hydrogens (primary N) is 1. The number of nitrogens with one attached hydrogen (secondary N) is 1. The number of hydrogen-bond acceptors (Lipinski definition) is 3. The van der Waals surface area contributed by atoms with Crippen LogP contribution in [0, 0.1) is 5.41 Å². The molecule has 106 valence electrons. The third-order valence-electron chi connectivity index (χ3n) is 3.73. The number of carbonyl (C=O) groups excluding carboxylic acids is 1. The van der Waals surface area contributed by atoms with Crippen LogP contribution in [0.2, 0.25) is 0 Å². The molecule has 4 N–H and O–H groups in total. The smallest absolute Gasteiger partial charge is 0.311 e. The van der Waals surface area contributed by atoms with Gasteiger partial charge in [0.2, 0.25) is 5.91 Å². The highest BCUT2D eigenvalue weighted by molar-refractivity contribution is 5.92. The van der Waals surface area contributed by atoms with E-state index in [9.17, 15) is 9.59 Å². The van der Waals surface area contributed by atoms with Crippen molar-refractivity contribution in [1.29, 1.82) is 0 Å². The van der Waals surface area contributed by atoms with E-state index in [1.807, 2.05) is 12.1 Å². The van der Waals surface area contributed by atoms with E-state index in [1.54, 1.807) is 18.2 Å². The number of aliphatic carboxylic acids is 1. The van der Waals surface area contributed by atoms with Crippen molar-refractivity contribution in [2.75, 3.05) is 12.3 Å². The van der Waals surface area contributed by atoms with E-state index in [2.05, 4.69) is 5.32 Å². The van der Waals surface area contributed by atoms with E-state index in [4.69, 9.17) is 10.8 Å². The molecule has 0 radical (unpaired) electrons. The molecule has 20 heavy (non-hydrogen) atoms. The topological polar surface area (TPSA) is 92.4 Å². The second kappa shape index (κ2) is 5.77. The molecule has 1 aliphatic rings. The van der Waals surface area contributed by atoms with Crippen LogP contribution >= 0.6 is 0 Å². The van der Waals surface area contributed by atoms with Gasteiger partial charge in [0.25, 0.3) is 0 Å². The first-order chi connectivity index (χ1) is 9.52. The average Bonchev–Trinajstić information content (AvgIpc) is 2.36. The number of amides is 1. The Kier molecular flexibility index (Phi) is 4.08. The number of anilines is 1. The summed E-state index contributed by atoms with van der Waals surface area (Å²) in [6.07, 6.45) is 5.24. The predicted molar refractivity (Wildman–Crippen MR) is 76.8 cm³/mol. The Morgan fingerprint density at radius 2 is 1.95 bits per heavy atom. The Morgan fingerprint density at radius 1 is 1.30 bits per heavy atom. The van der Waals surface area contributed by atoms with Crippen LogP contribution in [-0.4, -0.2) is 23.5 Å². The minimum atomic E-state index is -0.827. The van der Waals surface area contributed by atoms with Crippen molar-refractivity contribution in [2.24, 2.45) is 5.41 Å². The van der Waals surface area contributed by atoms with Gasteiger partial charge in [-0.05, 0) is 36.6 Å². The normalized spacial score (nSPS) is 16.6. The molecular formula is C15H18N2O3. The predicted octanol–water partition coefficient (Wildman–Crippen LogP) is 1.65. The highest BCUT2D eigenvalue weighted by atomic mass is 16.4. The van der Waals surface area contributed by atoms with Crippen LogP contribution in [0.3, 0.4) is 0 Å². The van der Waals surface area contributed by atoms with Gasteiger partial charge in [-0.3, -0.25) is 9.59 Å². The van der Waals surface area contributed by atoms with Gasteiger partial charge in [-0.15, -0.1) is 0 Å². The Balaban J connectivity index is 1.86. The molecule has 5 nitrogen and oxygen atoms in total. The van der Waals surface area contributed by atoms with Crippen molar-refractivity contribution >= 4 is 23.6 Å². The van der Waals surface area contributed by atoms with Gasteiger partial charge < -0.3 is 16.2 Å². The molecule has 0 heterocycles. The number of benzene rings is 1. The molecule has 0 bridgehead atoms. The lowest BCUT2D eigenvalue weighted by atomic mass is 9.69. The fourth-order valence-corrected chi connectivity index (χ4v) is 2.16. The maximum absolute atomic E-state index is 11.7. The zero-order valence-corrected chi connectivity index (χ0v) is 11.1. The number of carboxylic acid groups (broad SMARTS) is 1. The zero-order chi connectivity index (χ0) is 14.6. The molecule has 1 aliphatic carbocycles. The molecule has 0 aliphatic heterocycles. The number of rotatable bonds is 5. The first kappa shape index (κ1) is 14.1. The van der Waals surface area contributed by atoms with E-state index < -0.39 is 11.4 Å². The molecule has 0 aromatic heterocycles. The molecule has 0 unspecified atom stereocenters. The van der Waals surface area contributed by atoms with Gasteiger partial charge in [0, 0.05) is 18.3 Å². The standard InChI is InChI=1S/C15H18N2O3/c16-12-5-2-11(3-6-12)4-7-13(18)17-10-15(14(19)20)8-1-9-15/h2-7H,1,8-10,16H2,(H,17,18)(H,19,20)/b7-4+. The maximum Gasteiger partial charge on any atom is 0.311 e. The van der Waals surface area contributed by atoms with Gasteiger partial charge in [0.15, 0.2) is 0 Å². The highest BCUT2D eigenvalue weighted by Crippen LogP contribution is 2.40. The quantitative estimate of drug-likeness (QED) is 0.562. The van der Waals surface area contributed by atoms with Crippen molar-refractivity contribution in [2.45, 2.75) is 19.3 Å². The lowest BCUT2D eigenvalue weighted by Crippen LogP contribution is -2.47. The molecule has 1 saturated carbocycles. The Hall–Kier alpha value is -2.30. The highest BCUT2D eigenvalue weighted by Gasteiger charge is 2.44. The second-order valence-electron chi connectivity index (χ2n) is 5.16. The summed E-state index contributed by atoms with van der Waals surface area (Å²) in [4.78, 5) is 22.8. The van der Waals surface area contributed by atoms with Crippen molar-refractivity contribution in [3.8, 4) is 0 Å². The fourth-order valence-electron chi connectivity index (χ4n) is 2.16. The zero-order valence-electron chi connectivity index (χ0n) is 11.1. The first-order valence-corrected chi connectivity index (χ1v) is 6.57. The van der Waals surface area contributed by atoms with Gasteiger partial charge in [0.1, 0.15) is 0 Å². The summed E-state index contributed by atoms with van der Waals surface area (Å²) in [5, 5.41) is 11.8. The van der Waals surface area contributed by atoms with Crippen LogP contribution in [0.4, 0.5) is 5.69 Å². The molecule has 1 aromatic carbocycles. The summed E-state index contributed by atoms with van der Waals surface area (Å²) in [6, 6.07) is 7.13. The van der Waals surface area contributed by atoms with Crippen LogP contribution in [0.5, 0.6) is 0 Å². The number of hydrogen-bond donors (Lipinski definition) is 3. The van der Waals surface area contributed by atoms with Crippen LogP contribution in [0.25, 0.3) is 6.08 Å². The Labute approximate surface area is 117 Å². The van der Waals surface area contributed by atoms with E-state index in [0.29, 0.717) is 18.5 Å². The number of nitrogen functional groups attached to an aromatic ring is 1. The third kappa shape index (κ3) is 3.17. The molecule has 1 aromatic rings. The second-order valence-corrected chi connectivity index (χ2v) is 5.16. The monoisotopic (exact) mass is 274 g/mol. The largest absolute Gasteiger partial charge is 0.481 e. The van der Waals surface area contributed by atoms with E-state index in [0.717, 1.165) is 12.0 Å². The molecule has 0 atom stereocenters. The maximum atomic E-state index is 11.7. The SMILES string of the molecule is Nc1ccc(/C=C/C(=O)NCC2(C(=O)O)CCC2)cc1.